The van der Waals surface area contributed by atoms with Crippen LogP contribution >= 0.6 is 0 Å². The van der Waals surface area contributed by atoms with Crippen molar-refractivity contribution in [1.29, 1.82) is 5.26 Å². The van der Waals surface area contributed by atoms with E-state index >= 15 is 0 Å². The van der Waals surface area contributed by atoms with E-state index in [4.69, 9.17) is 5.26 Å². The van der Waals surface area contributed by atoms with Crippen LogP contribution in [-0.4, -0.2) is 12.5 Å². The first kappa shape index (κ1) is 9.72. The highest BCUT2D eigenvalue weighted by atomic mass is 16.2. The van der Waals surface area contributed by atoms with Gasteiger partial charge in [0.25, 0.3) is 0 Å². The summed E-state index contributed by atoms with van der Waals surface area (Å²) in [4.78, 5) is 13.3. The molecule has 0 atom stereocenters. The Morgan fingerprint density at radius 1 is 1.47 bits per heavy atom. The maximum atomic E-state index is 11.5. The molecule has 2 rings (SSSR count). The molecular formula is C12H12N2O. The van der Waals surface area contributed by atoms with E-state index < -0.39 is 0 Å². The van der Waals surface area contributed by atoms with Crippen molar-refractivity contribution in [2.24, 2.45) is 0 Å². The molecule has 1 fully saturated rings. The summed E-state index contributed by atoms with van der Waals surface area (Å²) in [6.07, 6.45) is 1.57. The number of carbonyl (C=O) groups excluding carboxylic acids is 1. The molecule has 0 saturated carbocycles. The zero-order chi connectivity index (χ0) is 10.8. The van der Waals surface area contributed by atoms with E-state index in [0.29, 0.717) is 12.0 Å². The van der Waals surface area contributed by atoms with Crippen LogP contribution in [0, 0.1) is 18.3 Å². The van der Waals surface area contributed by atoms with E-state index in [1.807, 2.05) is 19.1 Å². The summed E-state index contributed by atoms with van der Waals surface area (Å²) in [7, 11) is 0. The number of hydrogen-bond acceptors (Lipinski definition) is 2. The number of carbonyl (C=O) groups is 1. The number of benzene rings is 1. The van der Waals surface area contributed by atoms with Gasteiger partial charge in [-0.15, -0.1) is 0 Å². The zero-order valence-electron chi connectivity index (χ0n) is 8.66. The number of rotatable bonds is 1. The Hall–Kier alpha value is -1.82. The summed E-state index contributed by atoms with van der Waals surface area (Å²) >= 11 is 0. The van der Waals surface area contributed by atoms with Gasteiger partial charge in [-0.3, -0.25) is 4.79 Å². The molecule has 3 heteroatoms. The molecule has 1 aromatic rings. The summed E-state index contributed by atoms with van der Waals surface area (Å²) in [6.45, 7) is 2.73. The van der Waals surface area contributed by atoms with Crippen molar-refractivity contribution < 1.29 is 4.79 Å². The third kappa shape index (κ3) is 1.71. The zero-order valence-corrected chi connectivity index (χ0v) is 8.66. The molecule has 0 aromatic heterocycles. The molecule has 1 aliphatic heterocycles. The van der Waals surface area contributed by atoms with Crippen LogP contribution in [-0.2, 0) is 4.79 Å². The van der Waals surface area contributed by atoms with Crippen LogP contribution in [0.15, 0.2) is 18.2 Å². The summed E-state index contributed by atoms with van der Waals surface area (Å²) in [5.41, 5.74) is 2.57. The number of nitrogens with zero attached hydrogens (tertiary/aromatic N) is 2. The summed E-state index contributed by atoms with van der Waals surface area (Å²) < 4.78 is 0. The van der Waals surface area contributed by atoms with Gasteiger partial charge in [0.2, 0.25) is 5.91 Å². The Kier molecular flexibility index (Phi) is 2.42. The molecule has 15 heavy (non-hydrogen) atoms. The standard InChI is InChI=1S/C12H12N2O/c1-9-7-10(8-13)4-5-11(9)14-6-2-3-12(14)15/h4-5,7H,2-3,6H2,1H3. The molecule has 1 saturated heterocycles. The van der Waals surface area contributed by atoms with Crippen LogP contribution in [0.25, 0.3) is 0 Å². The topological polar surface area (TPSA) is 44.1 Å². The molecule has 0 N–H and O–H groups in total. The summed E-state index contributed by atoms with van der Waals surface area (Å²) in [5, 5.41) is 8.74. The minimum atomic E-state index is 0.183. The van der Waals surface area contributed by atoms with E-state index in [0.717, 1.165) is 24.2 Å². The molecule has 1 amide bonds. The van der Waals surface area contributed by atoms with Gasteiger partial charge in [0.15, 0.2) is 0 Å². The van der Waals surface area contributed by atoms with Crippen molar-refractivity contribution in [3.63, 3.8) is 0 Å². The number of hydrogen-bond donors (Lipinski definition) is 0. The van der Waals surface area contributed by atoms with Gasteiger partial charge in [-0.05, 0) is 37.1 Å². The van der Waals surface area contributed by atoms with E-state index in [1.165, 1.54) is 0 Å². The fourth-order valence-corrected chi connectivity index (χ4v) is 1.93. The molecule has 3 nitrogen and oxygen atoms in total. The molecular weight excluding hydrogens is 188 g/mol. The van der Waals surface area contributed by atoms with Gasteiger partial charge < -0.3 is 4.90 Å². The van der Waals surface area contributed by atoms with Gasteiger partial charge >= 0.3 is 0 Å². The Morgan fingerprint density at radius 3 is 2.80 bits per heavy atom. The maximum Gasteiger partial charge on any atom is 0.227 e. The normalized spacial score (nSPS) is 15.5. The second-order valence-corrected chi connectivity index (χ2v) is 3.76. The average Bonchev–Trinajstić information content (AvgIpc) is 2.64. The van der Waals surface area contributed by atoms with Crippen LogP contribution < -0.4 is 4.90 Å². The molecule has 0 unspecified atom stereocenters. The smallest absolute Gasteiger partial charge is 0.227 e. The maximum absolute atomic E-state index is 11.5. The van der Waals surface area contributed by atoms with Crippen LogP contribution in [0.2, 0.25) is 0 Å². The average molecular weight is 200 g/mol. The summed E-state index contributed by atoms with van der Waals surface area (Å²) in [6, 6.07) is 7.53. The van der Waals surface area contributed by atoms with E-state index in [1.54, 1.807) is 11.0 Å². The first-order valence-corrected chi connectivity index (χ1v) is 5.03. The number of anilines is 1. The van der Waals surface area contributed by atoms with Gasteiger partial charge in [0, 0.05) is 18.7 Å². The van der Waals surface area contributed by atoms with E-state index in [-0.39, 0.29) is 5.91 Å². The largest absolute Gasteiger partial charge is 0.312 e. The highest BCUT2D eigenvalue weighted by Gasteiger charge is 2.22. The summed E-state index contributed by atoms with van der Waals surface area (Å²) in [5.74, 6) is 0.183. The molecule has 0 radical (unpaired) electrons. The third-order valence-electron chi connectivity index (χ3n) is 2.69. The monoisotopic (exact) mass is 200 g/mol. The lowest BCUT2D eigenvalue weighted by Gasteiger charge is -2.18. The number of aryl methyl sites for hydroxylation is 1. The molecule has 0 bridgehead atoms. The highest BCUT2D eigenvalue weighted by Crippen LogP contribution is 2.25. The van der Waals surface area contributed by atoms with Gasteiger partial charge in [-0.2, -0.15) is 5.26 Å². The molecule has 1 heterocycles. The lowest BCUT2D eigenvalue weighted by atomic mass is 10.1. The Balaban J connectivity index is 2.37. The predicted molar refractivity (Wildman–Crippen MR) is 57.5 cm³/mol. The fraction of sp³-hybridized carbons (Fsp3) is 0.333. The molecule has 0 spiro atoms. The van der Waals surface area contributed by atoms with Gasteiger partial charge in [-0.1, -0.05) is 0 Å². The minimum Gasteiger partial charge on any atom is -0.312 e. The highest BCUT2D eigenvalue weighted by molar-refractivity contribution is 5.96. The first-order valence-electron chi connectivity index (χ1n) is 5.03. The quantitative estimate of drug-likeness (QED) is 0.695. The van der Waals surface area contributed by atoms with Crippen molar-refractivity contribution in [2.75, 3.05) is 11.4 Å². The van der Waals surface area contributed by atoms with Crippen LogP contribution in [0.4, 0.5) is 5.69 Å². The Bertz CT molecular complexity index is 445. The fourth-order valence-electron chi connectivity index (χ4n) is 1.93. The van der Waals surface area contributed by atoms with Gasteiger partial charge in [0.1, 0.15) is 0 Å². The van der Waals surface area contributed by atoms with Crippen molar-refractivity contribution in [3.05, 3.63) is 29.3 Å². The lowest BCUT2D eigenvalue weighted by molar-refractivity contribution is -0.117. The number of amides is 1. The lowest BCUT2D eigenvalue weighted by Crippen LogP contribution is -2.24. The third-order valence-corrected chi connectivity index (χ3v) is 2.69. The van der Waals surface area contributed by atoms with Gasteiger partial charge in [-0.25, -0.2) is 0 Å². The Labute approximate surface area is 88.9 Å². The van der Waals surface area contributed by atoms with Crippen molar-refractivity contribution in [3.8, 4) is 6.07 Å². The van der Waals surface area contributed by atoms with E-state index in [2.05, 4.69) is 6.07 Å². The van der Waals surface area contributed by atoms with Crippen molar-refractivity contribution in [1.82, 2.24) is 0 Å². The molecule has 0 aliphatic carbocycles. The first-order chi connectivity index (χ1) is 7.22. The number of nitriles is 1. The van der Waals surface area contributed by atoms with Crippen LogP contribution in [0.1, 0.15) is 24.0 Å². The van der Waals surface area contributed by atoms with Crippen molar-refractivity contribution >= 4 is 11.6 Å². The Morgan fingerprint density at radius 2 is 2.27 bits per heavy atom. The second-order valence-electron chi connectivity index (χ2n) is 3.76. The minimum absolute atomic E-state index is 0.183. The SMILES string of the molecule is Cc1cc(C#N)ccc1N1CCCC1=O. The molecule has 1 aliphatic rings. The molecule has 1 aromatic carbocycles. The van der Waals surface area contributed by atoms with Crippen molar-refractivity contribution in [2.45, 2.75) is 19.8 Å². The van der Waals surface area contributed by atoms with Crippen LogP contribution in [0.3, 0.4) is 0 Å². The van der Waals surface area contributed by atoms with E-state index in [9.17, 15) is 4.79 Å². The predicted octanol–water partition coefficient (Wildman–Crippen LogP) is 1.99. The van der Waals surface area contributed by atoms with Crippen LogP contribution in [0.5, 0.6) is 0 Å². The molecule has 76 valence electrons. The second kappa shape index (κ2) is 3.74. The van der Waals surface area contributed by atoms with Gasteiger partial charge in [0.05, 0.1) is 11.6 Å².